The monoisotopic (exact) mass is 398 g/mol. The third-order valence-electron chi connectivity index (χ3n) is 3.31. The molecule has 0 bridgehead atoms. The summed E-state index contributed by atoms with van der Waals surface area (Å²) in [5.74, 6) is 0.798. The highest BCUT2D eigenvalue weighted by atomic mass is 79.9. The molecular weight excluding hydrogens is 384 g/mol. The van der Waals surface area contributed by atoms with Crippen molar-refractivity contribution in [1.82, 2.24) is 5.43 Å². The highest BCUT2D eigenvalue weighted by molar-refractivity contribution is 9.10. The van der Waals surface area contributed by atoms with Gasteiger partial charge in [-0.25, -0.2) is 5.43 Å². The highest BCUT2D eigenvalue weighted by Crippen LogP contribution is 2.21. The minimum atomic E-state index is -0.353. The first-order valence-corrected chi connectivity index (χ1v) is 8.35. The lowest BCUT2D eigenvalue weighted by Gasteiger charge is -2.06. The summed E-state index contributed by atoms with van der Waals surface area (Å²) in [5, 5.41) is 3.80. The van der Waals surface area contributed by atoms with Crippen molar-refractivity contribution in [2.75, 3.05) is 6.61 Å². The van der Waals surface area contributed by atoms with Crippen LogP contribution in [0.15, 0.2) is 80.9 Å². The first-order valence-electron chi connectivity index (χ1n) is 7.56. The van der Waals surface area contributed by atoms with Crippen LogP contribution in [-0.4, -0.2) is 18.7 Å². The smallest absolute Gasteiger partial charge is 0.277 e. The van der Waals surface area contributed by atoms with Gasteiger partial charge in [0.1, 0.15) is 11.5 Å². The molecule has 5 nitrogen and oxygen atoms in total. The van der Waals surface area contributed by atoms with Gasteiger partial charge in [0.25, 0.3) is 5.91 Å². The van der Waals surface area contributed by atoms with Gasteiger partial charge in [-0.05, 0) is 51.3 Å². The number of benzene rings is 2. The summed E-state index contributed by atoms with van der Waals surface area (Å²) in [6.07, 6.45) is 1.41. The summed E-state index contributed by atoms with van der Waals surface area (Å²) in [5.41, 5.74) is 4.60. The van der Waals surface area contributed by atoms with E-state index in [-0.39, 0.29) is 12.5 Å². The molecule has 3 rings (SSSR count). The summed E-state index contributed by atoms with van der Waals surface area (Å²) in [7, 11) is 0. The van der Waals surface area contributed by atoms with Gasteiger partial charge < -0.3 is 9.15 Å². The largest absolute Gasteiger partial charge is 0.484 e. The number of carbonyl (C=O) groups is 1. The molecule has 0 aliphatic rings. The Kier molecular flexibility index (Phi) is 5.64. The molecular formula is C19H15BrN2O3. The van der Waals surface area contributed by atoms with Crippen LogP contribution in [0.25, 0.3) is 11.1 Å². The van der Waals surface area contributed by atoms with Crippen LogP contribution in [-0.2, 0) is 4.79 Å². The third kappa shape index (κ3) is 5.06. The molecule has 6 heteroatoms. The maximum absolute atomic E-state index is 11.7. The lowest BCUT2D eigenvalue weighted by Crippen LogP contribution is -2.24. The molecule has 0 spiro atoms. The molecule has 126 valence electrons. The summed E-state index contributed by atoms with van der Waals surface area (Å²) < 4.78 is 11.3. The van der Waals surface area contributed by atoms with Crippen LogP contribution in [0.5, 0.6) is 5.75 Å². The van der Waals surface area contributed by atoms with E-state index in [1.165, 1.54) is 6.21 Å². The van der Waals surface area contributed by atoms with Gasteiger partial charge >= 0.3 is 0 Å². The van der Waals surface area contributed by atoms with Gasteiger partial charge in [-0.3, -0.25) is 4.79 Å². The molecule has 1 heterocycles. The van der Waals surface area contributed by atoms with E-state index in [4.69, 9.17) is 9.15 Å². The molecule has 1 N–H and O–H groups in total. The van der Waals surface area contributed by atoms with E-state index < -0.39 is 0 Å². The molecule has 2 aromatic carbocycles. The molecule has 25 heavy (non-hydrogen) atoms. The van der Waals surface area contributed by atoms with Crippen LogP contribution in [0.2, 0.25) is 0 Å². The molecule has 1 aromatic heterocycles. The molecule has 3 aromatic rings. The minimum absolute atomic E-state index is 0.121. The van der Waals surface area contributed by atoms with Crippen molar-refractivity contribution >= 4 is 28.1 Å². The van der Waals surface area contributed by atoms with E-state index in [1.807, 2.05) is 54.6 Å². The van der Waals surface area contributed by atoms with Crippen molar-refractivity contribution in [2.45, 2.75) is 0 Å². The number of carbonyl (C=O) groups excluding carboxylic acids is 1. The third-order valence-corrected chi connectivity index (χ3v) is 3.73. The Bertz CT molecular complexity index is 858. The molecule has 0 saturated carbocycles. The fourth-order valence-electron chi connectivity index (χ4n) is 2.12. The second-order valence-electron chi connectivity index (χ2n) is 5.11. The minimum Gasteiger partial charge on any atom is -0.484 e. The maximum atomic E-state index is 11.7. The lowest BCUT2D eigenvalue weighted by molar-refractivity contribution is -0.123. The van der Waals surface area contributed by atoms with Crippen LogP contribution >= 0.6 is 15.9 Å². The zero-order valence-corrected chi connectivity index (χ0v) is 14.8. The number of amides is 1. The van der Waals surface area contributed by atoms with E-state index in [0.717, 1.165) is 11.1 Å². The highest BCUT2D eigenvalue weighted by Gasteiger charge is 2.03. The summed E-state index contributed by atoms with van der Waals surface area (Å²) >= 11 is 3.19. The number of nitrogens with one attached hydrogen (secondary N) is 1. The van der Waals surface area contributed by atoms with E-state index in [9.17, 15) is 4.79 Å². The Balaban J connectivity index is 1.48. The zero-order chi connectivity index (χ0) is 17.5. The molecule has 0 saturated heterocycles. The maximum Gasteiger partial charge on any atom is 0.277 e. The van der Waals surface area contributed by atoms with Gasteiger partial charge in [-0.1, -0.05) is 42.5 Å². The topological polar surface area (TPSA) is 63.8 Å². The fraction of sp³-hybridized carbons (Fsp3) is 0.0526. The summed E-state index contributed by atoms with van der Waals surface area (Å²) in [4.78, 5) is 11.7. The van der Waals surface area contributed by atoms with Crippen LogP contribution < -0.4 is 10.2 Å². The van der Waals surface area contributed by atoms with Crippen molar-refractivity contribution in [3.63, 3.8) is 0 Å². The molecule has 0 aliphatic heterocycles. The average molecular weight is 399 g/mol. The van der Waals surface area contributed by atoms with Crippen LogP contribution in [0.1, 0.15) is 5.76 Å². The number of halogens is 1. The molecule has 0 fully saturated rings. The van der Waals surface area contributed by atoms with Crippen LogP contribution in [0, 0.1) is 0 Å². The Labute approximate surface area is 153 Å². The van der Waals surface area contributed by atoms with E-state index in [2.05, 4.69) is 26.5 Å². The number of hydrazone groups is 1. The Morgan fingerprint density at radius 3 is 2.44 bits per heavy atom. The average Bonchev–Trinajstić information content (AvgIpc) is 3.06. The quantitative estimate of drug-likeness (QED) is 0.498. The van der Waals surface area contributed by atoms with E-state index in [1.54, 1.807) is 12.1 Å². The Hall–Kier alpha value is -2.86. The number of nitrogens with zero attached hydrogens (tertiary/aromatic N) is 1. The van der Waals surface area contributed by atoms with Crippen molar-refractivity contribution < 1.29 is 13.9 Å². The summed E-state index contributed by atoms with van der Waals surface area (Å²) in [6, 6.07) is 21.1. The molecule has 0 radical (unpaired) electrons. The number of hydrogen-bond donors (Lipinski definition) is 1. The van der Waals surface area contributed by atoms with Crippen molar-refractivity contribution in [3.05, 3.63) is 77.2 Å². The molecule has 1 amide bonds. The second-order valence-corrected chi connectivity index (χ2v) is 5.90. The van der Waals surface area contributed by atoms with Crippen molar-refractivity contribution in [2.24, 2.45) is 5.10 Å². The van der Waals surface area contributed by atoms with Crippen LogP contribution in [0.3, 0.4) is 0 Å². The number of hydrogen-bond acceptors (Lipinski definition) is 4. The standard InChI is InChI=1S/C19H15BrN2O3/c20-18-11-10-17(25-18)12-21-22-19(23)13-24-16-8-6-15(7-9-16)14-4-2-1-3-5-14/h1-12H,13H2,(H,22,23). The second kappa shape index (κ2) is 8.30. The van der Waals surface area contributed by atoms with Gasteiger partial charge in [0, 0.05) is 0 Å². The van der Waals surface area contributed by atoms with E-state index >= 15 is 0 Å². The van der Waals surface area contributed by atoms with Gasteiger partial charge in [0.2, 0.25) is 0 Å². The first kappa shape index (κ1) is 17.0. The van der Waals surface area contributed by atoms with Gasteiger partial charge in [0.05, 0.1) is 6.21 Å². The van der Waals surface area contributed by atoms with Gasteiger partial charge in [-0.2, -0.15) is 5.10 Å². The summed E-state index contributed by atoms with van der Waals surface area (Å²) in [6.45, 7) is -0.121. The zero-order valence-electron chi connectivity index (χ0n) is 13.2. The number of ether oxygens (including phenoxy) is 1. The predicted molar refractivity (Wildman–Crippen MR) is 99.5 cm³/mol. The Morgan fingerprint density at radius 2 is 1.76 bits per heavy atom. The fourth-order valence-corrected chi connectivity index (χ4v) is 2.44. The number of rotatable bonds is 6. The van der Waals surface area contributed by atoms with Gasteiger partial charge in [0.15, 0.2) is 11.3 Å². The normalized spacial score (nSPS) is 10.8. The van der Waals surface area contributed by atoms with Gasteiger partial charge in [-0.15, -0.1) is 0 Å². The van der Waals surface area contributed by atoms with Crippen molar-refractivity contribution in [1.29, 1.82) is 0 Å². The lowest BCUT2D eigenvalue weighted by atomic mass is 10.1. The SMILES string of the molecule is O=C(COc1ccc(-c2ccccc2)cc1)NN=Cc1ccc(Br)o1. The number of furan rings is 1. The molecule has 0 unspecified atom stereocenters. The molecule has 0 aliphatic carbocycles. The molecule has 0 atom stereocenters. The first-order chi connectivity index (χ1) is 12.2. The Morgan fingerprint density at radius 1 is 1.04 bits per heavy atom. The van der Waals surface area contributed by atoms with E-state index in [0.29, 0.717) is 16.2 Å². The predicted octanol–water partition coefficient (Wildman–Crippen LogP) is 4.24. The van der Waals surface area contributed by atoms with Crippen molar-refractivity contribution in [3.8, 4) is 16.9 Å². The van der Waals surface area contributed by atoms with Crippen LogP contribution in [0.4, 0.5) is 0 Å².